The van der Waals surface area contributed by atoms with Crippen LogP contribution in [0.25, 0.3) is 69.3 Å². The van der Waals surface area contributed by atoms with Gasteiger partial charge in [-0.3, -0.25) is 9.72 Å². The number of nitrogens with zero attached hydrogens (tertiary/aromatic N) is 2. The molecule has 5 aromatic carbocycles. The molecule has 0 radical (unpaired) electrons. The summed E-state index contributed by atoms with van der Waals surface area (Å²) >= 11 is 1.92. The molecule has 186 valence electrons. The van der Waals surface area contributed by atoms with Gasteiger partial charge in [-0.15, -0.1) is 11.3 Å². The van der Waals surface area contributed by atoms with E-state index in [2.05, 4.69) is 125 Å². The summed E-state index contributed by atoms with van der Waals surface area (Å²) in [7, 11) is 0. The Bertz CT molecular complexity index is 2460. The molecule has 4 heterocycles. The van der Waals surface area contributed by atoms with Crippen molar-refractivity contribution in [3.63, 3.8) is 0 Å². The van der Waals surface area contributed by atoms with E-state index in [1.165, 1.54) is 75.1 Å². The molecule has 1 unspecified atom stereocenters. The predicted octanol–water partition coefficient (Wildman–Crippen LogP) is 8.65. The first-order valence-corrected chi connectivity index (χ1v) is 14.6. The Hall–Kier alpha value is -4.77. The molecule has 1 atom stereocenters. The molecular formula is C36H22N3S+. The van der Waals surface area contributed by atoms with Crippen molar-refractivity contribution in [1.82, 2.24) is 4.40 Å². The third-order valence-electron chi connectivity index (χ3n) is 8.84. The largest absolute Gasteiger partial charge is 0.286 e. The highest BCUT2D eigenvalue weighted by atomic mass is 32.1. The zero-order valence-corrected chi connectivity index (χ0v) is 22.2. The van der Waals surface area contributed by atoms with Gasteiger partial charge in [0.25, 0.3) is 0 Å². The molecule has 2 N–H and O–H groups in total. The molecule has 40 heavy (non-hydrogen) atoms. The number of hydrogen-bond acceptors (Lipinski definition) is 2. The number of para-hydroxylation sites is 1. The molecular weight excluding hydrogens is 506 g/mol. The van der Waals surface area contributed by atoms with Crippen molar-refractivity contribution in [2.45, 2.75) is 6.04 Å². The number of nitrogens with two attached hydrogens (primary N) is 1. The van der Waals surface area contributed by atoms with E-state index in [1.54, 1.807) is 0 Å². The fraction of sp³-hybridized carbons (Fsp3) is 0.0278. The van der Waals surface area contributed by atoms with E-state index >= 15 is 0 Å². The Morgan fingerprint density at radius 1 is 0.700 bits per heavy atom. The second-order valence-electron chi connectivity index (χ2n) is 10.9. The maximum absolute atomic E-state index is 5.19. The van der Waals surface area contributed by atoms with Crippen LogP contribution < -0.4 is 5.32 Å². The Kier molecular flexibility index (Phi) is 3.93. The van der Waals surface area contributed by atoms with E-state index in [0.29, 0.717) is 0 Å². The van der Waals surface area contributed by atoms with Crippen LogP contribution in [0.3, 0.4) is 0 Å². The van der Waals surface area contributed by atoms with Crippen LogP contribution in [0, 0.1) is 0 Å². The monoisotopic (exact) mass is 528 g/mol. The van der Waals surface area contributed by atoms with E-state index in [4.69, 9.17) is 4.99 Å². The van der Waals surface area contributed by atoms with Crippen LogP contribution in [-0.2, 0) is 0 Å². The molecule has 0 saturated heterocycles. The lowest BCUT2D eigenvalue weighted by Crippen LogP contribution is -2.87. The molecule has 0 amide bonds. The fourth-order valence-electron chi connectivity index (χ4n) is 7.07. The molecule has 1 aliphatic heterocycles. The normalized spacial score (nSPS) is 16.6. The fourth-order valence-corrected chi connectivity index (χ4v) is 8.35. The smallest absolute Gasteiger partial charge is 0.237 e. The molecule has 0 bridgehead atoms. The topological polar surface area (TPSA) is 33.4 Å². The maximum atomic E-state index is 5.19. The van der Waals surface area contributed by atoms with Gasteiger partial charge in [0, 0.05) is 31.6 Å². The highest BCUT2D eigenvalue weighted by molar-refractivity contribution is 7.26. The molecule has 0 fully saturated rings. The lowest BCUT2D eigenvalue weighted by atomic mass is 9.97. The Morgan fingerprint density at radius 2 is 1.50 bits per heavy atom. The van der Waals surface area contributed by atoms with Gasteiger partial charge in [-0.1, -0.05) is 97.1 Å². The van der Waals surface area contributed by atoms with Crippen LogP contribution in [0.5, 0.6) is 0 Å². The summed E-state index contributed by atoms with van der Waals surface area (Å²) in [6.07, 6.45) is 8.62. The number of allylic oxidation sites excluding steroid dienone is 2. The highest BCUT2D eigenvalue weighted by Gasteiger charge is 2.32. The molecule has 2 aliphatic rings. The van der Waals surface area contributed by atoms with E-state index in [9.17, 15) is 0 Å². The molecule has 0 saturated carbocycles. The quantitative estimate of drug-likeness (QED) is 0.221. The van der Waals surface area contributed by atoms with Crippen LogP contribution >= 0.6 is 11.3 Å². The minimum absolute atomic E-state index is 0.218. The van der Waals surface area contributed by atoms with Crippen LogP contribution in [0.1, 0.15) is 0 Å². The third kappa shape index (κ3) is 2.60. The number of aromatic nitrogens is 1. The van der Waals surface area contributed by atoms with Gasteiger partial charge in [-0.05, 0) is 40.1 Å². The van der Waals surface area contributed by atoms with Gasteiger partial charge in [0.05, 0.1) is 15.7 Å². The first kappa shape index (κ1) is 21.1. The summed E-state index contributed by atoms with van der Waals surface area (Å²) in [5.74, 6) is 1.22. The average molecular weight is 529 g/mol. The molecule has 3 nitrogen and oxygen atoms in total. The van der Waals surface area contributed by atoms with E-state index in [-0.39, 0.29) is 6.04 Å². The Labute approximate surface area is 233 Å². The molecule has 4 heteroatoms. The van der Waals surface area contributed by atoms with Gasteiger partial charge in [-0.25, -0.2) is 4.99 Å². The minimum atomic E-state index is 0.218. The summed E-state index contributed by atoms with van der Waals surface area (Å²) in [6, 6.07) is 33.8. The molecule has 10 rings (SSSR count). The van der Waals surface area contributed by atoms with Gasteiger partial charge in [0.15, 0.2) is 11.7 Å². The standard InChI is InChI=1S/C36H21N3S/c1-2-9-22-20(7-1)8-5-10-23(22)21-15-16-24-27-18-17-26-25-11-6-12-28-32-36(38-30-14-4-3-13-29(30)37-32)39(33(25)28)34(26)35(27)40-31(24)19-21/h1-19,30,38H/p+1. The number of rotatable bonds is 1. The summed E-state index contributed by atoms with van der Waals surface area (Å²) in [5, 5.41) is 11.5. The van der Waals surface area contributed by atoms with Crippen molar-refractivity contribution < 1.29 is 5.32 Å². The number of quaternary nitrogens is 1. The number of hydrogen-bond donors (Lipinski definition) is 1. The van der Waals surface area contributed by atoms with Crippen molar-refractivity contribution in [2.24, 2.45) is 4.99 Å². The molecule has 0 spiro atoms. The van der Waals surface area contributed by atoms with Crippen LogP contribution in [0.2, 0.25) is 0 Å². The van der Waals surface area contributed by atoms with Gasteiger partial charge in [0.2, 0.25) is 5.82 Å². The van der Waals surface area contributed by atoms with Crippen LogP contribution in [-0.4, -0.2) is 16.2 Å². The van der Waals surface area contributed by atoms with Gasteiger partial charge in [0.1, 0.15) is 5.71 Å². The van der Waals surface area contributed by atoms with Crippen LogP contribution in [0.4, 0.5) is 11.5 Å². The van der Waals surface area contributed by atoms with E-state index < -0.39 is 0 Å². The third-order valence-corrected chi connectivity index (χ3v) is 10.0. The number of benzene rings is 5. The Balaban J connectivity index is 1.29. The average Bonchev–Trinajstić information content (AvgIpc) is 3.66. The second kappa shape index (κ2) is 7.45. The van der Waals surface area contributed by atoms with Gasteiger partial charge >= 0.3 is 0 Å². The lowest BCUT2D eigenvalue weighted by molar-refractivity contribution is -0.586. The first-order valence-electron chi connectivity index (χ1n) is 13.8. The summed E-state index contributed by atoms with van der Waals surface area (Å²) in [5.41, 5.74) is 7.38. The Morgan fingerprint density at radius 3 is 2.50 bits per heavy atom. The SMILES string of the molecule is C1=CC2=Nc3c(n4c5c3cccc5c3ccc5c6ccc(-c7cccc8ccccc78)cc6sc5c34)[NH2+]C2C=C1. The molecule has 1 aliphatic carbocycles. The van der Waals surface area contributed by atoms with E-state index in [1.807, 2.05) is 11.3 Å². The molecule has 8 aromatic rings. The predicted molar refractivity (Wildman–Crippen MR) is 170 cm³/mol. The van der Waals surface area contributed by atoms with Crippen molar-refractivity contribution >= 4 is 86.7 Å². The van der Waals surface area contributed by atoms with Gasteiger partial charge in [-0.2, -0.15) is 0 Å². The number of fused-ring (bicyclic) bond motifs is 12. The van der Waals surface area contributed by atoms with Crippen molar-refractivity contribution in [3.8, 4) is 11.1 Å². The van der Waals surface area contributed by atoms with E-state index in [0.717, 1.165) is 11.4 Å². The number of thiophene rings is 1. The van der Waals surface area contributed by atoms with Crippen molar-refractivity contribution in [1.29, 1.82) is 0 Å². The summed E-state index contributed by atoms with van der Waals surface area (Å²) < 4.78 is 5.18. The number of aliphatic imine (C=N–C) groups is 1. The maximum Gasteiger partial charge on any atom is 0.237 e. The highest BCUT2D eigenvalue weighted by Crippen LogP contribution is 2.48. The molecule has 3 aromatic heterocycles. The zero-order chi connectivity index (χ0) is 25.9. The lowest BCUT2D eigenvalue weighted by Gasteiger charge is -2.18. The zero-order valence-electron chi connectivity index (χ0n) is 21.4. The van der Waals surface area contributed by atoms with Crippen molar-refractivity contribution in [2.75, 3.05) is 0 Å². The minimum Gasteiger partial charge on any atom is -0.286 e. The second-order valence-corrected chi connectivity index (χ2v) is 12.0. The first-order chi connectivity index (χ1) is 19.8. The summed E-state index contributed by atoms with van der Waals surface area (Å²) in [6.45, 7) is 0. The summed E-state index contributed by atoms with van der Waals surface area (Å²) in [4.78, 5) is 5.19. The van der Waals surface area contributed by atoms with Crippen LogP contribution in [0.15, 0.2) is 120 Å². The van der Waals surface area contributed by atoms with Gasteiger partial charge < -0.3 is 0 Å². The van der Waals surface area contributed by atoms with Crippen molar-refractivity contribution in [3.05, 3.63) is 115 Å².